The van der Waals surface area contributed by atoms with Crippen LogP contribution in [0.4, 0.5) is 5.82 Å². The van der Waals surface area contributed by atoms with Crippen LogP contribution in [0.3, 0.4) is 0 Å². The molecule has 3 N–H and O–H groups in total. The fraction of sp³-hybridized carbons (Fsp3) is 0.667. The van der Waals surface area contributed by atoms with Crippen molar-refractivity contribution in [2.24, 2.45) is 5.41 Å². The first-order valence-corrected chi connectivity index (χ1v) is 12.8. The number of hydrogen-bond donors (Lipinski definition) is 2. The number of nitrogens with zero attached hydrogens (tertiary/aromatic N) is 4. The van der Waals surface area contributed by atoms with Crippen molar-refractivity contribution in [3.8, 4) is 6.01 Å². The number of nitrogen functional groups attached to an aromatic ring is 1. The molecule has 2 rings (SSSR count). The second-order valence-corrected chi connectivity index (χ2v) is 9.35. The Bertz CT molecular complexity index is 872. The van der Waals surface area contributed by atoms with Crippen molar-refractivity contribution in [1.29, 1.82) is 0 Å². The standard InChI is InChI=1S/C14H23N5O2.C7H17N.C4H6.C2H6/c1-3-5-7-8-19-12-10(16-14(19)20)11(15)17-13(18-12)21-9-6-4-2;1-7(2,3)6-8(4)5;1-3-4-2;1-2/h3-9H2,1-2H3,(H,16,20)(H2,15,17,18);6H2,1-5H3;3-4H,1-2H2;1-2H3. The normalized spacial score (nSPS) is 10.3. The lowest BCUT2D eigenvalue weighted by molar-refractivity contribution is 0.263. The minimum Gasteiger partial charge on any atom is -0.463 e. The highest BCUT2D eigenvalue weighted by Gasteiger charge is 2.14. The molecule has 0 unspecified atom stereocenters. The lowest BCUT2D eigenvalue weighted by Crippen LogP contribution is -2.25. The summed E-state index contributed by atoms with van der Waals surface area (Å²) in [4.78, 5) is 25.3. The third kappa shape index (κ3) is 15.8. The van der Waals surface area contributed by atoms with Crippen LogP contribution >= 0.6 is 0 Å². The van der Waals surface area contributed by atoms with Gasteiger partial charge in [-0.25, -0.2) is 4.79 Å². The predicted octanol–water partition coefficient (Wildman–Crippen LogP) is 6.05. The quantitative estimate of drug-likeness (QED) is 0.309. The molecule has 8 nitrogen and oxygen atoms in total. The zero-order valence-electron chi connectivity index (χ0n) is 23.9. The van der Waals surface area contributed by atoms with Gasteiger partial charge in [-0.1, -0.05) is 93.0 Å². The van der Waals surface area contributed by atoms with Gasteiger partial charge in [-0.15, -0.1) is 0 Å². The van der Waals surface area contributed by atoms with Crippen LogP contribution < -0.4 is 16.2 Å². The van der Waals surface area contributed by atoms with E-state index in [1.165, 1.54) is 0 Å². The number of fused-ring (bicyclic) bond motifs is 1. The summed E-state index contributed by atoms with van der Waals surface area (Å²) in [6, 6.07) is 0.233. The Morgan fingerprint density at radius 1 is 1.06 bits per heavy atom. The average Bonchev–Trinajstić information content (AvgIpc) is 3.10. The Labute approximate surface area is 213 Å². The van der Waals surface area contributed by atoms with Gasteiger partial charge in [0.2, 0.25) is 0 Å². The molecule has 0 bridgehead atoms. The number of nitrogens with one attached hydrogen (secondary N) is 1. The minimum absolute atomic E-state index is 0.201. The van der Waals surface area contributed by atoms with Crippen molar-refractivity contribution in [1.82, 2.24) is 24.4 Å². The Kier molecular flexibility index (Phi) is 19.4. The molecule has 0 aliphatic rings. The summed E-state index contributed by atoms with van der Waals surface area (Å²) in [6.45, 7) is 24.0. The molecule has 0 radical (unpaired) electrons. The molecule has 0 atom stereocenters. The number of allylic oxidation sites excluding steroid dienone is 2. The van der Waals surface area contributed by atoms with Crippen molar-refractivity contribution in [2.45, 2.75) is 87.1 Å². The predicted molar refractivity (Wildman–Crippen MR) is 152 cm³/mol. The van der Waals surface area contributed by atoms with Gasteiger partial charge in [-0.05, 0) is 32.4 Å². The van der Waals surface area contributed by atoms with E-state index in [9.17, 15) is 4.79 Å². The molecule has 0 amide bonds. The van der Waals surface area contributed by atoms with Crippen LogP contribution in [0.15, 0.2) is 30.1 Å². The molecule has 2 heterocycles. The van der Waals surface area contributed by atoms with Crippen LogP contribution in [0.2, 0.25) is 0 Å². The van der Waals surface area contributed by atoms with Gasteiger partial charge in [-0.3, -0.25) is 4.57 Å². The van der Waals surface area contributed by atoms with Gasteiger partial charge in [0.05, 0.1) is 6.61 Å². The number of anilines is 1. The van der Waals surface area contributed by atoms with Gasteiger partial charge in [0.15, 0.2) is 11.5 Å². The number of imidazole rings is 1. The number of hydrogen-bond acceptors (Lipinski definition) is 6. The molecule has 8 heteroatoms. The Hall–Kier alpha value is -2.61. The van der Waals surface area contributed by atoms with E-state index in [-0.39, 0.29) is 17.5 Å². The summed E-state index contributed by atoms with van der Waals surface area (Å²) in [5.74, 6) is 0.248. The van der Waals surface area contributed by atoms with E-state index < -0.39 is 0 Å². The molecule has 35 heavy (non-hydrogen) atoms. The van der Waals surface area contributed by atoms with Crippen molar-refractivity contribution >= 4 is 17.0 Å². The molecular formula is C27H52N6O2. The van der Waals surface area contributed by atoms with Crippen LogP contribution in [-0.4, -0.2) is 51.7 Å². The molecule has 0 aliphatic carbocycles. The van der Waals surface area contributed by atoms with E-state index in [0.717, 1.165) is 38.6 Å². The summed E-state index contributed by atoms with van der Waals surface area (Å²) in [6.07, 6.45) is 8.33. The third-order valence-electron chi connectivity index (χ3n) is 4.30. The molecule has 0 aliphatic heterocycles. The monoisotopic (exact) mass is 492 g/mol. The Morgan fingerprint density at radius 2 is 1.63 bits per heavy atom. The smallest absolute Gasteiger partial charge is 0.327 e. The number of aromatic amines is 1. The summed E-state index contributed by atoms with van der Waals surface area (Å²) in [7, 11) is 4.20. The first kappa shape index (κ1) is 34.6. The lowest BCUT2D eigenvalue weighted by Gasteiger charge is -2.22. The van der Waals surface area contributed by atoms with E-state index in [0.29, 0.717) is 29.7 Å². The van der Waals surface area contributed by atoms with Crippen LogP contribution in [0.5, 0.6) is 6.01 Å². The number of rotatable bonds is 10. The highest BCUT2D eigenvalue weighted by molar-refractivity contribution is 5.81. The topological polar surface area (TPSA) is 102 Å². The van der Waals surface area contributed by atoms with Gasteiger partial charge in [0, 0.05) is 13.1 Å². The number of ether oxygens (including phenoxy) is 1. The second kappa shape index (κ2) is 19.7. The Morgan fingerprint density at radius 3 is 2.06 bits per heavy atom. The number of unbranched alkanes of at least 4 members (excludes halogenated alkanes) is 3. The number of aryl methyl sites for hydroxylation is 1. The van der Waals surface area contributed by atoms with Gasteiger partial charge in [-0.2, -0.15) is 9.97 Å². The van der Waals surface area contributed by atoms with E-state index in [4.69, 9.17) is 10.5 Å². The van der Waals surface area contributed by atoms with E-state index in [1.54, 1.807) is 16.7 Å². The van der Waals surface area contributed by atoms with E-state index in [1.807, 2.05) is 13.8 Å². The summed E-state index contributed by atoms with van der Waals surface area (Å²) in [5.41, 5.74) is 7.14. The maximum Gasteiger partial charge on any atom is 0.327 e. The van der Waals surface area contributed by atoms with E-state index >= 15 is 0 Å². The summed E-state index contributed by atoms with van der Waals surface area (Å²) in [5, 5.41) is 0. The minimum atomic E-state index is -0.201. The Balaban J connectivity index is 0. The zero-order chi connectivity index (χ0) is 27.4. The summed E-state index contributed by atoms with van der Waals surface area (Å²) >= 11 is 0. The molecule has 202 valence electrons. The van der Waals surface area contributed by atoms with Gasteiger partial charge in [0.1, 0.15) is 5.52 Å². The highest BCUT2D eigenvalue weighted by atomic mass is 16.5. The number of aromatic nitrogens is 4. The third-order valence-corrected chi connectivity index (χ3v) is 4.30. The van der Waals surface area contributed by atoms with Crippen molar-refractivity contribution in [3.05, 3.63) is 35.8 Å². The first-order chi connectivity index (χ1) is 16.5. The van der Waals surface area contributed by atoms with Crippen LogP contribution in [0.1, 0.15) is 80.6 Å². The van der Waals surface area contributed by atoms with Crippen LogP contribution in [0.25, 0.3) is 11.2 Å². The van der Waals surface area contributed by atoms with Gasteiger partial charge in [0.25, 0.3) is 0 Å². The molecule has 2 aromatic rings. The van der Waals surface area contributed by atoms with Gasteiger partial charge >= 0.3 is 11.7 Å². The maximum absolute atomic E-state index is 12.0. The number of H-pyrrole nitrogens is 1. The molecule has 0 spiro atoms. The zero-order valence-corrected chi connectivity index (χ0v) is 23.9. The maximum atomic E-state index is 12.0. The average molecular weight is 493 g/mol. The van der Waals surface area contributed by atoms with Crippen molar-refractivity contribution in [2.75, 3.05) is 33.0 Å². The van der Waals surface area contributed by atoms with E-state index in [2.05, 4.69) is 81.7 Å². The molecule has 0 fully saturated rings. The molecule has 0 aromatic carbocycles. The SMILES string of the molecule is C=CC=C.CC.CCCCCn1c(=O)[nH]c2c(N)nc(OCCCC)nc21.CN(C)CC(C)(C)C. The largest absolute Gasteiger partial charge is 0.463 e. The van der Waals surface area contributed by atoms with Crippen LogP contribution in [-0.2, 0) is 6.54 Å². The molecule has 2 aromatic heterocycles. The highest BCUT2D eigenvalue weighted by Crippen LogP contribution is 2.18. The van der Waals surface area contributed by atoms with Crippen molar-refractivity contribution < 1.29 is 4.74 Å². The fourth-order valence-corrected chi connectivity index (χ4v) is 3.08. The van der Waals surface area contributed by atoms with Crippen LogP contribution in [0, 0.1) is 5.41 Å². The molecule has 0 saturated carbocycles. The molecule has 0 saturated heterocycles. The first-order valence-electron chi connectivity index (χ1n) is 12.8. The summed E-state index contributed by atoms with van der Waals surface area (Å²) < 4.78 is 7.10. The second-order valence-electron chi connectivity index (χ2n) is 9.35. The van der Waals surface area contributed by atoms with Crippen molar-refractivity contribution in [3.63, 3.8) is 0 Å². The van der Waals surface area contributed by atoms with Gasteiger partial charge < -0.3 is 20.4 Å². The fourth-order valence-electron chi connectivity index (χ4n) is 3.08. The lowest BCUT2D eigenvalue weighted by atomic mass is 9.97. The molecular weight excluding hydrogens is 440 g/mol. The number of nitrogens with two attached hydrogens (primary N) is 1.